The van der Waals surface area contributed by atoms with Crippen molar-refractivity contribution in [3.8, 4) is 0 Å². The minimum Gasteiger partial charge on any atom is -0.418 e. The molecule has 0 heterocycles. The molecule has 0 aromatic carbocycles. The second-order valence-corrected chi connectivity index (χ2v) is 17.0. The van der Waals surface area contributed by atoms with Crippen molar-refractivity contribution in [1.82, 2.24) is 0 Å². The van der Waals surface area contributed by atoms with Crippen LogP contribution in [0.4, 0.5) is 0 Å². The summed E-state index contributed by atoms with van der Waals surface area (Å²) in [5.74, 6) is 0. The summed E-state index contributed by atoms with van der Waals surface area (Å²) < 4.78 is 12.3. The van der Waals surface area contributed by atoms with E-state index < -0.39 is 16.6 Å². The summed E-state index contributed by atoms with van der Waals surface area (Å²) in [6, 6.07) is 3.75. The SMILES string of the molecule is CC[Si](CC)(CC)OCCC(C)(C)CCO[Si](C)(C)C. The molecule has 0 aromatic heterocycles. The van der Waals surface area contributed by atoms with Gasteiger partial charge in [0, 0.05) is 13.2 Å². The molecule has 122 valence electrons. The number of rotatable bonds is 11. The molecule has 0 spiro atoms. The Labute approximate surface area is 129 Å². The Hall–Kier alpha value is 0.354. The number of hydrogen-bond acceptors (Lipinski definition) is 2. The fourth-order valence-electron chi connectivity index (χ4n) is 2.36. The summed E-state index contributed by atoms with van der Waals surface area (Å²) in [4.78, 5) is 0. The minimum absolute atomic E-state index is 0.328. The molecule has 0 radical (unpaired) electrons. The first-order chi connectivity index (χ1) is 9.10. The smallest absolute Gasteiger partial charge is 0.191 e. The van der Waals surface area contributed by atoms with Gasteiger partial charge in [0.25, 0.3) is 0 Å². The summed E-state index contributed by atoms with van der Waals surface area (Å²) in [5.41, 5.74) is 0.328. The van der Waals surface area contributed by atoms with E-state index in [1.54, 1.807) is 0 Å². The van der Waals surface area contributed by atoms with E-state index in [4.69, 9.17) is 8.85 Å². The highest BCUT2D eigenvalue weighted by Gasteiger charge is 2.29. The van der Waals surface area contributed by atoms with Gasteiger partial charge in [0.2, 0.25) is 0 Å². The molecule has 0 unspecified atom stereocenters. The summed E-state index contributed by atoms with van der Waals surface area (Å²) in [6.45, 7) is 20.2. The van der Waals surface area contributed by atoms with Crippen LogP contribution >= 0.6 is 0 Å². The molecule has 0 aromatic rings. The highest BCUT2D eigenvalue weighted by molar-refractivity contribution is 6.73. The predicted octanol–water partition coefficient (Wildman–Crippen LogP) is 5.67. The van der Waals surface area contributed by atoms with E-state index >= 15 is 0 Å². The Bertz CT molecular complexity index is 247. The average molecular weight is 319 g/mol. The van der Waals surface area contributed by atoms with Crippen LogP contribution in [0.2, 0.25) is 37.8 Å². The van der Waals surface area contributed by atoms with Crippen LogP contribution in [0.1, 0.15) is 47.5 Å². The lowest BCUT2D eigenvalue weighted by atomic mass is 9.86. The van der Waals surface area contributed by atoms with Crippen molar-refractivity contribution in [2.75, 3.05) is 13.2 Å². The van der Waals surface area contributed by atoms with E-state index in [1.807, 2.05) is 0 Å². The molecule has 0 saturated carbocycles. The molecule has 0 atom stereocenters. The van der Waals surface area contributed by atoms with Gasteiger partial charge in [0.15, 0.2) is 16.6 Å². The van der Waals surface area contributed by atoms with Crippen LogP contribution in [-0.4, -0.2) is 29.8 Å². The Morgan fingerprint density at radius 3 is 1.50 bits per heavy atom. The first-order valence-electron chi connectivity index (χ1n) is 8.37. The normalized spacial score (nSPS) is 13.8. The predicted molar refractivity (Wildman–Crippen MR) is 95.5 cm³/mol. The van der Waals surface area contributed by atoms with Gasteiger partial charge < -0.3 is 8.85 Å². The maximum absolute atomic E-state index is 6.37. The monoisotopic (exact) mass is 318 g/mol. The van der Waals surface area contributed by atoms with E-state index in [2.05, 4.69) is 54.3 Å². The number of hydrogen-bond donors (Lipinski definition) is 0. The second-order valence-electron chi connectivity index (χ2n) is 7.72. The van der Waals surface area contributed by atoms with Gasteiger partial charge in [-0.15, -0.1) is 0 Å². The molecule has 0 aliphatic carbocycles. The molecule has 0 N–H and O–H groups in total. The lowest BCUT2D eigenvalue weighted by Crippen LogP contribution is -2.37. The van der Waals surface area contributed by atoms with Crippen molar-refractivity contribution in [2.24, 2.45) is 5.41 Å². The summed E-state index contributed by atoms with van der Waals surface area (Å²) >= 11 is 0. The van der Waals surface area contributed by atoms with Crippen LogP contribution in [0, 0.1) is 5.41 Å². The first-order valence-corrected chi connectivity index (χ1v) is 14.3. The van der Waals surface area contributed by atoms with Gasteiger partial charge in [-0.3, -0.25) is 0 Å². The van der Waals surface area contributed by atoms with Gasteiger partial charge in [0.05, 0.1) is 0 Å². The minimum atomic E-state index is -1.40. The molecular formula is C16H38O2Si2. The zero-order chi connectivity index (χ0) is 15.9. The molecule has 0 saturated heterocycles. The van der Waals surface area contributed by atoms with E-state index in [0.717, 1.165) is 26.1 Å². The third-order valence-electron chi connectivity index (χ3n) is 4.43. The largest absolute Gasteiger partial charge is 0.418 e. The zero-order valence-corrected chi connectivity index (χ0v) is 17.3. The first kappa shape index (κ1) is 20.4. The Kier molecular flexibility index (Phi) is 8.87. The summed E-state index contributed by atoms with van der Waals surface area (Å²) in [6.07, 6.45) is 2.29. The van der Waals surface area contributed by atoms with Crippen LogP contribution in [-0.2, 0) is 8.85 Å². The Morgan fingerprint density at radius 1 is 0.750 bits per heavy atom. The Balaban J connectivity index is 4.09. The molecule has 0 rings (SSSR count). The fourth-order valence-corrected chi connectivity index (χ4v) is 5.72. The van der Waals surface area contributed by atoms with Crippen LogP contribution in [0.3, 0.4) is 0 Å². The lowest BCUT2D eigenvalue weighted by Gasteiger charge is -2.31. The van der Waals surface area contributed by atoms with Gasteiger partial charge in [-0.25, -0.2) is 0 Å². The summed E-state index contributed by atoms with van der Waals surface area (Å²) in [7, 11) is -2.76. The van der Waals surface area contributed by atoms with Crippen molar-refractivity contribution in [3.05, 3.63) is 0 Å². The molecule has 20 heavy (non-hydrogen) atoms. The standard InChI is InChI=1S/C16H38O2Si2/c1-9-20(10-2,11-3)18-15-13-16(4,5)12-14-17-19(6,7)8/h9-15H2,1-8H3. The van der Waals surface area contributed by atoms with E-state index in [1.165, 1.54) is 18.1 Å². The summed E-state index contributed by atoms with van der Waals surface area (Å²) in [5, 5.41) is 0. The quantitative estimate of drug-likeness (QED) is 0.457. The van der Waals surface area contributed by atoms with Crippen molar-refractivity contribution in [2.45, 2.75) is 85.2 Å². The molecule has 0 aliphatic heterocycles. The topological polar surface area (TPSA) is 18.5 Å². The van der Waals surface area contributed by atoms with E-state index in [9.17, 15) is 0 Å². The van der Waals surface area contributed by atoms with Gasteiger partial charge in [-0.2, -0.15) is 0 Å². The van der Waals surface area contributed by atoms with Gasteiger partial charge in [0.1, 0.15) is 0 Å². The Morgan fingerprint density at radius 2 is 1.15 bits per heavy atom. The van der Waals surface area contributed by atoms with Crippen molar-refractivity contribution in [1.29, 1.82) is 0 Å². The van der Waals surface area contributed by atoms with Crippen molar-refractivity contribution < 1.29 is 8.85 Å². The average Bonchev–Trinajstić information content (AvgIpc) is 2.33. The third-order valence-corrected chi connectivity index (χ3v) is 10.2. The van der Waals surface area contributed by atoms with Gasteiger partial charge in [-0.05, 0) is 56.0 Å². The maximum Gasteiger partial charge on any atom is 0.191 e. The highest BCUT2D eigenvalue weighted by atomic mass is 28.4. The third kappa shape index (κ3) is 8.60. The van der Waals surface area contributed by atoms with Crippen LogP contribution in [0.5, 0.6) is 0 Å². The van der Waals surface area contributed by atoms with Gasteiger partial charge >= 0.3 is 0 Å². The van der Waals surface area contributed by atoms with E-state index in [-0.39, 0.29) is 0 Å². The molecular weight excluding hydrogens is 280 g/mol. The second kappa shape index (κ2) is 8.71. The molecule has 0 fully saturated rings. The maximum atomic E-state index is 6.37. The van der Waals surface area contributed by atoms with Gasteiger partial charge in [-0.1, -0.05) is 34.6 Å². The molecule has 4 heteroatoms. The van der Waals surface area contributed by atoms with Crippen molar-refractivity contribution in [3.63, 3.8) is 0 Å². The van der Waals surface area contributed by atoms with Crippen LogP contribution in [0.15, 0.2) is 0 Å². The lowest BCUT2D eigenvalue weighted by molar-refractivity contribution is 0.174. The molecule has 2 nitrogen and oxygen atoms in total. The molecule has 0 bridgehead atoms. The molecule has 0 amide bonds. The highest BCUT2D eigenvalue weighted by Crippen LogP contribution is 2.28. The zero-order valence-electron chi connectivity index (χ0n) is 15.3. The van der Waals surface area contributed by atoms with Crippen LogP contribution in [0.25, 0.3) is 0 Å². The van der Waals surface area contributed by atoms with Crippen LogP contribution < -0.4 is 0 Å². The van der Waals surface area contributed by atoms with E-state index in [0.29, 0.717) is 5.41 Å². The fraction of sp³-hybridized carbons (Fsp3) is 1.00. The molecule has 0 aliphatic rings. The van der Waals surface area contributed by atoms with Crippen molar-refractivity contribution >= 4 is 16.6 Å².